The average Bonchev–Trinajstić information content (AvgIpc) is 2.34. The molecule has 0 bridgehead atoms. The van der Waals surface area contributed by atoms with Crippen LogP contribution in [0.15, 0.2) is 22.7 Å². The summed E-state index contributed by atoms with van der Waals surface area (Å²) in [5, 5.41) is 2.58. The quantitative estimate of drug-likeness (QED) is 0.909. The molecule has 96 valence electrons. The minimum Gasteiger partial charge on any atom is -0.490 e. The molecule has 18 heavy (non-hydrogen) atoms. The van der Waals surface area contributed by atoms with E-state index in [1.807, 2.05) is 0 Å². The van der Waals surface area contributed by atoms with Gasteiger partial charge in [-0.25, -0.2) is 0 Å². The van der Waals surface area contributed by atoms with Crippen LogP contribution in [0.1, 0.15) is 10.4 Å². The molecule has 0 fully saturated rings. The Balaban J connectivity index is 2.15. The lowest BCUT2D eigenvalue weighted by Gasteiger charge is -2.24. The van der Waals surface area contributed by atoms with Crippen LogP contribution in [0.3, 0.4) is 0 Å². The minimum atomic E-state index is -0.658. The van der Waals surface area contributed by atoms with Gasteiger partial charge in [0.1, 0.15) is 25.0 Å². The molecule has 1 aliphatic rings. The molecule has 0 radical (unpaired) electrons. The van der Waals surface area contributed by atoms with E-state index in [9.17, 15) is 9.59 Å². The zero-order valence-electron chi connectivity index (χ0n) is 9.73. The van der Waals surface area contributed by atoms with Gasteiger partial charge >= 0.3 is 0 Å². The highest BCUT2D eigenvalue weighted by atomic mass is 79.9. The predicted molar refractivity (Wildman–Crippen MR) is 67.8 cm³/mol. The normalized spacial score (nSPS) is 17.9. The van der Waals surface area contributed by atoms with Crippen molar-refractivity contribution in [1.82, 2.24) is 5.32 Å². The summed E-state index contributed by atoms with van der Waals surface area (Å²) in [6.07, 6.45) is 0. The third-order valence-corrected chi connectivity index (χ3v) is 3.03. The monoisotopic (exact) mass is 313 g/mol. The van der Waals surface area contributed by atoms with Crippen molar-refractivity contribution >= 4 is 27.6 Å². The Kier molecular flexibility index (Phi) is 3.98. The lowest BCUT2D eigenvalue weighted by Crippen LogP contribution is -2.48. The van der Waals surface area contributed by atoms with Gasteiger partial charge in [0.2, 0.25) is 5.91 Å². The number of nitrogens with one attached hydrogen (secondary N) is 1. The van der Waals surface area contributed by atoms with Crippen molar-refractivity contribution in [3.8, 4) is 5.75 Å². The van der Waals surface area contributed by atoms with E-state index in [1.54, 1.807) is 18.2 Å². The first-order valence-corrected chi connectivity index (χ1v) is 6.16. The summed E-state index contributed by atoms with van der Waals surface area (Å²) in [5.41, 5.74) is 0.471. The second-order valence-electron chi connectivity index (χ2n) is 3.87. The standard InChI is InChI=1S/C12H12BrNO4/c1-17-6-11(15)14-9-5-18-10-3-2-7(13)4-8(10)12(9)16/h2-4,9H,5-6H2,1H3,(H,14,15)/t9-/m1/s1. The molecule has 5 nitrogen and oxygen atoms in total. The van der Waals surface area contributed by atoms with E-state index in [0.29, 0.717) is 11.3 Å². The Hall–Kier alpha value is -1.40. The number of hydrogen-bond donors (Lipinski definition) is 1. The third-order valence-electron chi connectivity index (χ3n) is 2.54. The molecule has 1 aliphatic heterocycles. The summed E-state index contributed by atoms with van der Waals surface area (Å²) in [6.45, 7) is 0.0675. The van der Waals surface area contributed by atoms with E-state index < -0.39 is 6.04 Å². The summed E-state index contributed by atoms with van der Waals surface area (Å²) in [7, 11) is 1.42. The number of ketones is 1. The van der Waals surface area contributed by atoms with E-state index in [2.05, 4.69) is 21.2 Å². The van der Waals surface area contributed by atoms with Crippen molar-refractivity contribution < 1.29 is 19.1 Å². The van der Waals surface area contributed by atoms with Gasteiger partial charge in [-0.2, -0.15) is 0 Å². The molecule has 0 spiro atoms. The first-order valence-electron chi connectivity index (χ1n) is 5.36. The lowest BCUT2D eigenvalue weighted by molar-refractivity contribution is -0.125. The van der Waals surface area contributed by atoms with Gasteiger partial charge in [0.05, 0.1) is 5.56 Å². The largest absolute Gasteiger partial charge is 0.490 e. The first-order chi connectivity index (χ1) is 8.61. The average molecular weight is 314 g/mol. The zero-order chi connectivity index (χ0) is 13.1. The molecule has 6 heteroatoms. The van der Waals surface area contributed by atoms with E-state index >= 15 is 0 Å². The van der Waals surface area contributed by atoms with Crippen LogP contribution < -0.4 is 10.1 Å². The maximum absolute atomic E-state index is 12.2. The lowest BCUT2D eigenvalue weighted by atomic mass is 10.0. The second kappa shape index (κ2) is 5.49. The SMILES string of the molecule is COCC(=O)N[C@@H]1COc2ccc(Br)cc2C1=O. The van der Waals surface area contributed by atoms with Crippen molar-refractivity contribution in [2.45, 2.75) is 6.04 Å². The molecule has 1 atom stereocenters. The van der Waals surface area contributed by atoms with Gasteiger partial charge in [-0.1, -0.05) is 15.9 Å². The first kappa shape index (κ1) is 13.0. The van der Waals surface area contributed by atoms with Gasteiger partial charge in [0.15, 0.2) is 5.78 Å². The van der Waals surface area contributed by atoms with Crippen LogP contribution in [0.5, 0.6) is 5.75 Å². The van der Waals surface area contributed by atoms with E-state index in [-0.39, 0.29) is 24.9 Å². The highest BCUT2D eigenvalue weighted by Gasteiger charge is 2.30. The van der Waals surface area contributed by atoms with Crippen LogP contribution in [0.2, 0.25) is 0 Å². The number of benzene rings is 1. The highest BCUT2D eigenvalue weighted by Crippen LogP contribution is 2.27. The zero-order valence-corrected chi connectivity index (χ0v) is 11.3. The summed E-state index contributed by atoms with van der Waals surface area (Å²) in [4.78, 5) is 23.5. The highest BCUT2D eigenvalue weighted by molar-refractivity contribution is 9.10. The Morgan fingerprint density at radius 1 is 1.61 bits per heavy atom. The van der Waals surface area contributed by atoms with Crippen LogP contribution >= 0.6 is 15.9 Å². The van der Waals surface area contributed by atoms with Crippen LogP contribution in [-0.4, -0.2) is 38.1 Å². The number of fused-ring (bicyclic) bond motifs is 1. The van der Waals surface area contributed by atoms with E-state index in [0.717, 1.165) is 4.47 Å². The number of halogens is 1. The molecular formula is C12H12BrNO4. The molecule has 0 aliphatic carbocycles. The Morgan fingerprint density at radius 3 is 3.11 bits per heavy atom. The van der Waals surface area contributed by atoms with Crippen molar-refractivity contribution in [3.63, 3.8) is 0 Å². The number of methoxy groups -OCH3 is 1. The summed E-state index contributed by atoms with van der Waals surface area (Å²) in [5.74, 6) is 0.0559. The van der Waals surface area contributed by atoms with E-state index in [4.69, 9.17) is 9.47 Å². The molecule has 1 aromatic carbocycles. The van der Waals surface area contributed by atoms with Crippen molar-refractivity contribution in [2.24, 2.45) is 0 Å². The fourth-order valence-electron chi connectivity index (χ4n) is 1.73. The number of hydrogen-bond acceptors (Lipinski definition) is 4. The van der Waals surface area contributed by atoms with Gasteiger partial charge < -0.3 is 14.8 Å². The number of rotatable bonds is 3. The maximum Gasteiger partial charge on any atom is 0.246 e. The van der Waals surface area contributed by atoms with Crippen LogP contribution in [0.4, 0.5) is 0 Å². The number of carbonyl (C=O) groups excluding carboxylic acids is 2. The fraction of sp³-hybridized carbons (Fsp3) is 0.333. The molecular weight excluding hydrogens is 302 g/mol. The molecule has 1 aromatic rings. The Morgan fingerprint density at radius 2 is 2.39 bits per heavy atom. The number of amides is 1. The molecule has 1 N–H and O–H groups in total. The summed E-state index contributed by atoms with van der Waals surface area (Å²) >= 11 is 3.30. The molecule has 1 heterocycles. The van der Waals surface area contributed by atoms with Gasteiger partial charge in [0, 0.05) is 11.6 Å². The van der Waals surface area contributed by atoms with Gasteiger partial charge in [-0.05, 0) is 18.2 Å². The third kappa shape index (κ3) is 2.70. The maximum atomic E-state index is 12.2. The van der Waals surface area contributed by atoms with Crippen molar-refractivity contribution in [3.05, 3.63) is 28.2 Å². The van der Waals surface area contributed by atoms with Gasteiger partial charge in [-0.15, -0.1) is 0 Å². The molecule has 1 amide bonds. The Bertz CT molecular complexity index is 489. The minimum absolute atomic E-state index is 0.0743. The number of carbonyl (C=O) groups is 2. The summed E-state index contributed by atoms with van der Waals surface area (Å²) in [6, 6.07) is 4.56. The predicted octanol–water partition coefficient (Wildman–Crippen LogP) is 1.16. The molecule has 2 rings (SSSR count). The molecule has 0 saturated carbocycles. The van der Waals surface area contributed by atoms with Crippen LogP contribution in [-0.2, 0) is 9.53 Å². The van der Waals surface area contributed by atoms with Crippen LogP contribution in [0, 0.1) is 0 Å². The van der Waals surface area contributed by atoms with Gasteiger partial charge in [0.25, 0.3) is 0 Å². The number of ether oxygens (including phenoxy) is 2. The molecule has 0 aromatic heterocycles. The molecule has 0 unspecified atom stereocenters. The number of Topliss-reactive ketones (excluding diaryl/α,β-unsaturated/α-hetero) is 1. The van der Waals surface area contributed by atoms with Crippen molar-refractivity contribution in [2.75, 3.05) is 20.3 Å². The summed E-state index contributed by atoms with van der Waals surface area (Å²) < 4.78 is 10.9. The second-order valence-corrected chi connectivity index (χ2v) is 4.78. The van der Waals surface area contributed by atoms with Crippen LogP contribution in [0.25, 0.3) is 0 Å². The smallest absolute Gasteiger partial charge is 0.246 e. The van der Waals surface area contributed by atoms with E-state index in [1.165, 1.54) is 7.11 Å². The Labute approximate surface area is 113 Å². The van der Waals surface area contributed by atoms with Crippen molar-refractivity contribution in [1.29, 1.82) is 0 Å². The topological polar surface area (TPSA) is 64.6 Å². The fourth-order valence-corrected chi connectivity index (χ4v) is 2.09. The molecule has 0 saturated heterocycles. The van der Waals surface area contributed by atoms with Gasteiger partial charge in [-0.3, -0.25) is 9.59 Å².